The van der Waals surface area contributed by atoms with Gasteiger partial charge < -0.3 is 36.1 Å². The van der Waals surface area contributed by atoms with Gasteiger partial charge in [0, 0.05) is 17.8 Å². The summed E-state index contributed by atoms with van der Waals surface area (Å²) in [7, 11) is 1.54. The highest BCUT2D eigenvalue weighted by molar-refractivity contribution is 6.01. The second-order valence-corrected chi connectivity index (χ2v) is 8.70. The number of hydrogen-bond donors (Lipinski definition) is 4. The largest absolute Gasteiger partial charge is 0.495 e. The summed E-state index contributed by atoms with van der Waals surface area (Å²) in [4.78, 5) is 22.3. The van der Waals surface area contributed by atoms with Crippen LogP contribution in [0, 0.1) is 0 Å². The van der Waals surface area contributed by atoms with E-state index in [1.54, 1.807) is 31.5 Å². The van der Waals surface area contributed by atoms with E-state index >= 15 is 0 Å². The van der Waals surface area contributed by atoms with E-state index in [1.165, 1.54) is 0 Å². The van der Waals surface area contributed by atoms with Gasteiger partial charge in [-0.15, -0.1) is 0 Å². The molecule has 2 aromatic carbocycles. The van der Waals surface area contributed by atoms with Gasteiger partial charge >= 0.3 is 6.03 Å². The van der Waals surface area contributed by atoms with E-state index in [1.807, 2.05) is 41.8 Å². The zero-order valence-corrected chi connectivity index (χ0v) is 22.0. The SMILES string of the molecule is CCn1c(-c2nonc2N)nc2c(-c3cccc(NC(=O)Nc4ccccc4OC)c3)ncc(OCCCN)c21. The van der Waals surface area contributed by atoms with E-state index in [4.69, 9.17) is 35.5 Å². The molecule has 13 heteroatoms. The summed E-state index contributed by atoms with van der Waals surface area (Å²) in [5.74, 6) is 1.70. The number of para-hydroxylation sites is 2. The summed E-state index contributed by atoms with van der Waals surface area (Å²) in [6.45, 7) is 3.44. The van der Waals surface area contributed by atoms with Crippen LogP contribution in [0.5, 0.6) is 11.5 Å². The minimum atomic E-state index is -0.421. The molecule has 0 spiro atoms. The maximum Gasteiger partial charge on any atom is 0.323 e. The van der Waals surface area contributed by atoms with Crippen LogP contribution in [-0.4, -0.2) is 51.1 Å². The monoisotopic (exact) mass is 543 g/mol. The van der Waals surface area contributed by atoms with Crippen LogP contribution in [0.4, 0.5) is 22.0 Å². The number of imidazole rings is 1. The smallest absolute Gasteiger partial charge is 0.323 e. The number of urea groups is 1. The summed E-state index contributed by atoms with van der Waals surface area (Å²) in [6, 6.07) is 14.0. The molecule has 0 saturated carbocycles. The Morgan fingerprint density at radius 3 is 2.67 bits per heavy atom. The molecule has 0 bridgehead atoms. The first-order valence-corrected chi connectivity index (χ1v) is 12.7. The minimum Gasteiger partial charge on any atom is -0.495 e. The number of hydrogen-bond acceptors (Lipinski definition) is 10. The maximum atomic E-state index is 12.8. The van der Waals surface area contributed by atoms with Gasteiger partial charge in [0.2, 0.25) is 0 Å². The zero-order chi connectivity index (χ0) is 28.1. The Hall–Kier alpha value is -5.17. The van der Waals surface area contributed by atoms with Crippen molar-refractivity contribution in [3.63, 3.8) is 0 Å². The molecule has 0 fully saturated rings. The first-order chi connectivity index (χ1) is 19.5. The van der Waals surface area contributed by atoms with Crippen LogP contribution < -0.4 is 31.6 Å². The summed E-state index contributed by atoms with van der Waals surface area (Å²) in [5.41, 5.74) is 15.7. The second kappa shape index (κ2) is 11.7. The van der Waals surface area contributed by atoms with Crippen molar-refractivity contribution in [3.8, 4) is 34.3 Å². The lowest BCUT2D eigenvalue weighted by Gasteiger charge is -2.13. The second-order valence-electron chi connectivity index (χ2n) is 8.70. The zero-order valence-electron chi connectivity index (χ0n) is 22.0. The van der Waals surface area contributed by atoms with Gasteiger partial charge in [-0.05, 0) is 54.5 Å². The molecule has 5 rings (SSSR count). The molecule has 0 saturated heterocycles. The van der Waals surface area contributed by atoms with Crippen LogP contribution >= 0.6 is 0 Å². The number of carbonyl (C=O) groups is 1. The molecule has 3 heterocycles. The molecule has 13 nitrogen and oxygen atoms in total. The third-order valence-electron chi connectivity index (χ3n) is 6.13. The Morgan fingerprint density at radius 2 is 1.93 bits per heavy atom. The van der Waals surface area contributed by atoms with E-state index in [0.29, 0.717) is 77.2 Å². The van der Waals surface area contributed by atoms with Crippen molar-refractivity contribution < 1.29 is 18.9 Å². The van der Waals surface area contributed by atoms with E-state index < -0.39 is 6.03 Å². The number of aryl methyl sites for hydroxylation is 1. The fourth-order valence-electron chi connectivity index (χ4n) is 4.31. The van der Waals surface area contributed by atoms with Gasteiger partial charge in [0.25, 0.3) is 0 Å². The van der Waals surface area contributed by atoms with Crippen molar-refractivity contribution >= 4 is 34.3 Å². The molecule has 0 radical (unpaired) electrons. The molecule has 2 amide bonds. The van der Waals surface area contributed by atoms with Crippen LogP contribution in [0.1, 0.15) is 13.3 Å². The Balaban J connectivity index is 1.53. The van der Waals surface area contributed by atoms with Gasteiger partial charge in [0.05, 0.1) is 31.3 Å². The number of fused-ring (bicyclic) bond motifs is 1. The molecule has 0 aliphatic heterocycles. The molecule has 0 unspecified atom stereocenters. The number of nitrogens with one attached hydrogen (secondary N) is 2. The average molecular weight is 544 g/mol. The lowest BCUT2D eigenvalue weighted by Crippen LogP contribution is -2.19. The van der Waals surface area contributed by atoms with Crippen LogP contribution in [0.15, 0.2) is 59.4 Å². The van der Waals surface area contributed by atoms with Crippen LogP contribution in [0.25, 0.3) is 33.8 Å². The number of nitrogens with zero attached hydrogens (tertiary/aromatic N) is 5. The number of methoxy groups -OCH3 is 1. The number of carbonyl (C=O) groups excluding carboxylic acids is 1. The first kappa shape index (κ1) is 26.4. The topological polar surface area (TPSA) is 181 Å². The first-order valence-electron chi connectivity index (χ1n) is 12.7. The minimum absolute atomic E-state index is 0.123. The Morgan fingerprint density at radius 1 is 1.07 bits per heavy atom. The molecule has 40 heavy (non-hydrogen) atoms. The van der Waals surface area contributed by atoms with Crippen molar-refractivity contribution in [3.05, 3.63) is 54.7 Å². The third-order valence-corrected chi connectivity index (χ3v) is 6.13. The maximum absolute atomic E-state index is 12.8. The lowest BCUT2D eigenvalue weighted by molar-refractivity contribution is 0.262. The van der Waals surface area contributed by atoms with Gasteiger partial charge in [0.15, 0.2) is 23.1 Å². The number of amides is 2. The highest BCUT2D eigenvalue weighted by Crippen LogP contribution is 2.37. The lowest BCUT2D eigenvalue weighted by atomic mass is 10.1. The molecule has 3 aromatic heterocycles. The van der Waals surface area contributed by atoms with Gasteiger partial charge in [0.1, 0.15) is 16.8 Å². The third kappa shape index (κ3) is 5.22. The number of aromatic nitrogens is 5. The molecule has 0 atom stereocenters. The fraction of sp³-hybridized carbons (Fsp3) is 0.222. The average Bonchev–Trinajstić information content (AvgIpc) is 3.56. The van der Waals surface area contributed by atoms with Crippen molar-refractivity contribution in [2.75, 3.05) is 36.6 Å². The summed E-state index contributed by atoms with van der Waals surface area (Å²) >= 11 is 0. The van der Waals surface area contributed by atoms with E-state index in [-0.39, 0.29) is 5.82 Å². The molecular weight excluding hydrogens is 514 g/mol. The molecule has 0 aliphatic carbocycles. The highest BCUT2D eigenvalue weighted by Gasteiger charge is 2.24. The predicted molar refractivity (Wildman–Crippen MR) is 151 cm³/mol. The quantitative estimate of drug-likeness (QED) is 0.187. The highest BCUT2D eigenvalue weighted by atomic mass is 16.6. The number of nitrogen functional groups attached to an aromatic ring is 1. The molecule has 206 valence electrons. The standard InChI is InChI=1S/C27H29N9O4/c1-3-36-24-20(39-13-7-12-28)15-30-21(22(24)33-26(36)23-25(29)35-40-34-23)16-8-6-9-17(14-16)31-27(37)32-18-10-4-5-11-19(18)38-2/h4-6,8-11,14-15H,3,7,12-13,28H2,1-2H3,(H2,29,35)(H2,31,32,37). The van der Waals surface area contributed by atoms with Crippen molar-refractivity contribution in [1.29, 1.82) is 0 Å². The van der Waals surface area contributed by atoms with Crippen LogP contribution in [0.3, 0.4) is 0 Å². The normalized spacial score (nSPS) is 11.0. The number of ether oxygens (including phenoxy) is 2. The van der Waals surface area contributed by atoms with Gasteiger partial charge in [-0.2, -0.15) is 0 Å². The molecular formula is C27H29N9O4. The number of benzene rings is 2. The number of nitrogens with two attached hydrogens (primary N) is 2. The summed E-state index contributed by atoms with van der Waals surface area (Å²) in [6.07, 6.45) is 2.34. The Kier molecular flexibility index (Phi) is 7.73. The number of rotatable bonds is 10. The summed E-state index contributed by atoms with van der Waals surface area (Å²) < 4.78 is 18.1. The van der Waals surface area contributed by atoms with Gasteiger partial charge in [-0.25, -0.2) is 19.4 Å². The van der Waals surface area contributed by atoms with Crippen molar-refractivity contribution in [2.24, 2.45) is 5.73 Å². The number of anilines is 3. The van der Waals surface area contributed by atoms with Gasteiger partial charge in [-0.3, -0.25) is 0 Å². The van der Waals surface area contributed by atoms with Crippen molar-refractivity contribution in [2.45, 2.75) is 19.9 Å². The Labute approximate surface area is 229 Å². The molecule has 6 N–H and O–H groups in total. The summed E-state index contributed by atoms with van der Waals surface area (Å²) in [5, 5.41) is 13.3. The fourth-order valence-corrected chi connectivity index (χ4v) is 4.31. The van der Waals surface area contributed by atoms with Gasteiger partial charge in [-0.1, -0.05) is 24.3 Å². The molecule has 5 aromatic rings. The Bertz CT molecular complexity index is 1650. The van der Waals surface area contributed by atoms with Crippen LogP contribution in [0.2, 0.25) is 0 Å². The van der Waals surface area contributed by atoms with E-state index in [0.717, 1.165) is 5.56 Å². The number of pyridine rings is 1. The van der Waals surface area contributed by atoms with Crippen molar-refractivity contribution in [1.82, 2.24) is 24.8 Å². The van der Waals surface area contributed by atoms with Crippen LogP contribution in [-0.2, 0) is 6.54 Å². The van der Waals surface area contributed by atoms with E-state index in [2.05, 4.69) is 20.9 Å². The molecule has 0 aliphatic rings. The van der Waals surface area contributed by atoms with E-state index in [9.17, 15) is 4.79 Å². The predicted octanol–water partition coefficient (Wildman–Crippen LogP) is 4.13.